The molecule has 1 atom stereocenters. The molecule has 2 rings (SSSR count). The number of halogens is 2. The van der Waals surface area contributed by atoms with Crippen LogP contribution in [0, 0.1) is 6.92 Å². The Hall–Kier alpha value is -0.540. The molecule has 0 amide bonds. The summed E-state index contributed by atoms with van der Waals surface area (Å²) in [4.78, 5) is 0. The van der Waals surface area contributed by atoms with Gasteiger partial charge in [-0.05, 0) is 59.5 Å². The van der Waals surface area contributed by atoms with E-state index >= 15 is 0 Å². The molecule has 102 valence electrons. The lowest BCUT2D eigenvalue weighted by Gasteiger charge is -2.18. The van der Waals surface area contributed by atoms with Crippen LogP contribution >= 0.6 is 34.5 Å². The maximum atomic E-state index is 6.08. The maximum absolute atomic E-state index is 6.08. The summed E-state index contributed by atoms with van der Waals surface area (Å²) in [5.41, 5.74) is 3.92. The molecule has 19 heavy (non-hydrogen) atoms. The van der Waals surface area contributed by atoms with Crippen molar-refractivity contribution in [1.29, 1.82) is 0 Å². The van der Waals surface area contributed by atoms with Crippen LogP contribution in [0.15, 0.2) is 29.0 Å². The van der Waals surface area contributed by atoms with Crippen molar-refractivity contribution in [2.24, 2.45) is 0 Å². The van der Waals surface area contributed by atoms with E-state index in [0.29, 0.717) is 16.1 Å². The fraction of sp³-hybridized carbons (Fsp3) is 0.333. The van der Waals surface area contributed by atoms with E-state index in [4.69, 9.17) is 23.2 Å². The molecule has 1 unspecified atom stereocenters. The highest BCUT2D eigenvalue weighted by molar-refractivity contribution is 7.08. The zero-order valence-electron chi connectivity index (χ0n) is 11.0. The first kappa shape index (κ1) is 14.9. The quantitative estimate of drug-likeness (QED) is 0.794. The third kappa shape index (κ3) is 3.73. The fourth-order valence-electron chi connectivity index (χ4n) is 2.17. The highest BCUT2D eigenvalue weighted by atomic mass is 35.5. The molecule has 0 spiro atoms. The summed E-state index contributed by atoms with van der Waals surface area (Å²) in [5, 5.41) is 9.18. The Kier molecular flexibility index (Phi) is 5.28. The van der Waals surface area contributed by atoms with Crippen LogP contribution in [0.25, 0.3) is 0 Å². The highest BCUT2D eigenvalue weighted by Gasteiger charge is 2.14. The molecule has 0 bridgehead atoms. The Labute approximate surface area is 128 Å². The van der Waals surface area contributed by atoms with Crippen LogP contribution < -0.4 is 5.32 Å². The SMILES string of the molecule is CCNC(Cc1ccc(Cl)c(Cl)c1)c1cscc1C. The molecule has 0 fully saturated rings. The van der Waals surface area contributed by atoms with Crippen LogP contribution in [-0.2, 0) is 6.42 Å². The minimum absolute atomic E-state index is 0.327. The molecule has 1 aromatic heterocycles. The summed E-state index contributed by atoms with van der Waals surface area (Å²) in [6.07, 6.45) is 0.919. The molecule has 0 aliphatic carbocycles. The molecular weight excluding hydrogens is 297 g/mol. The summed E-state index contributed by atoms with van der Waals surface area (Å²) in [6, 6.07) is 6.19. The number of thiophene rings is 1. The van der Waals surface area contributed by atoms with Crippen molar-refractivity contribution in [3.8, 4) is 0 Å². The number of hydrogen-bond acceptors (Lipinski definition) is 2. The van der Waals surface area contributed by atoms with Gasteiger partial charge in [0.25, 0.3) is 0 Å². The van der Waals surface area contributed by atoms with Crippen molar-refractivity contribution in [1.82, 2.24) is 5.32 Å². The van der Waals surface area contributed by atoms with Gasteiger partial charge >= 0.3 is 0 Å². The Bertz CT molecular complexity index is 551. The predicted octanol–water partition coefficient (Wildman–Crippen LogP) is 5.26. The number of benzene rings is 1. The van der Waals surface area contributed by atoms with E-state index in [1.165, 1.54) is 16.7 Å². The van der Waals surface area contributed by atoms with Gasteiger partial charge in [-0.2, -0.15) is 11.3 Å². The van der Waals surface area contributed by atoms with Crippen LogP contribution in [0.2, 0.25) is 10.0 Å². The number of aryl methyl sites for hydroxylation is 1. The third-order valence-electron chi connectivity index (χ3n) is 3.14. The first-order valence-electron chi connectivity index (χ1n) is 6.31. The van der Waals surface area contributed by atoms with E-state index in [2.05, 4.69) is 29.9 Å². The molecule has 2 aromatic rings. The minimum Gasteiger partial charge on any atom is -0.310 e. The van der Waals surface area contributed by atoms with Crippen LogP contribution in [0.4, 0.5) is 0 Å². The van der Waals surface area contributed by atoms with Crippen molar-refractivity contribution in [3.63, 3.8) is 0 Å². The molecule has 0 saturated carbocycles. The molecule has 1 aromatic carbocycles. The molecule has 0 saturated heterocycles. The van der Waals surface area contributed by atoms with E-state index in [9.17, 15) is 0 Å². The standard InChI is InChI=1S/C15H17Cl2NS/c1-3-18-15(12-9-19-8-10(12)2)7-11-4-5-13(16)14(17)6-11/h4-6,8-9,15,18H,3,7H2,1-2H3. The maximum Gasteiger partial charge on any atom is 0.0595 e. The van der Waals surface area contributed by atoms with E-state index in [1.807, 2.05) is 18.2 Å². The normalized spacial score (nSPS) is 12.6. The number of likely N-dealkylation sites (N-methyl/N-ethyl adjacent to an activating group) is 1. The Morgan fingerprint density at radius 1 is 1.21 bits per heavy atom. The van der Waals surface area contributed by atoms with Crippen molar-refractivity contribution < 1.29 is 0 Å². The smallest absolute Gasteiger partial charge is 0.0595 e. The second-order valence-corrected chi connectivity index (χ2v) is 6.13. The van der Waals surface area contributed by atoms with Gasteiger partial charge < -0.3 is 5.32 Å². The number of nitrogens with one attached hydrogen (secondary N) is 1. The summed E-state index contributed by atoms with van der Waals surface area (Å²) in [5.74, 6) is 0. The Balaban J connectivity index is 2.21. The van der Waals surface area contributed by atoms with Crippen molar-refractivity contribution in [2.75, 3.05) is 6.54 Å². The highest BCUT2D eigenvalue weighted by Crippen LogP contribution is 2.28. The molecule has 1 nitrogen and oxygen atoms in total. The van der Waals surface area contributed by atoms with Crippen LogP contribution in [0.5, 0.6) is 0 Å². The third-order valence-corrected chi connectivity index (χ3v) is 4.76. The lowest BCUT2D eigenvalue weighted by Crippen LogP contribution is -2.23. The van der Waals surface area contributed by atoms with E-state index in [-0.39, 0.29) is 0 Å². The van der Waals surface area contributed by atoms with Gasteiger partial charge in [0.15, 0.2) is 0 Å². The van der Waals surface area contributed by atoms with Crippen molar-refractivity contribution in [2.45, 2.75) is 26.3 Å². The predicted molar refractivity (Wildman–Crippen MR) is 85.6 cm³/mol. The van der Waals surface area contributed by atoms with Gasteiger partial charge in [0.1, 0.15) is 0 Å². The van der Waals surface area contributed by atoms with E-state index < -0.39 is 0 Å². The summed E-state index contributed by atoms with van der Waals surface area (Å²) in [7, 11) is 0. The average molecular weight is 314 g/mol. The zero-order chi connectivity index (χ0) is 13.8. The molecule has 0 radical (unpaired) electrons. The fourth-order valence-corrected chi connectivity index (χ4v) is 3.39. The lowest BCUT2D eigenvalue weighted by molar-refractivity contribution is 0.549. The summed E-state index contributed by atoms with van der Waals surface area (Å²) >= 11 is 13.8. The molecular formula is C15H17Cl2NS. The number of rotatable bonds is 5. The van der Waals surface area contributed by atoms with Gasteiger partial charge in [-0.1, -0.05) is 36.2 Å². The summed E-state index contributed by atoms with van der Waals surface area (Å²) < 4.78 is 0. The molecule has 1 heterocycles. The topological polar surface area (TPSA) is 12.0 Å². The largest absolute Gasteiger partial charge is 0.310 e. The van der Waals surface area contributed by atoms with Gasteiger partial charge in [0.2, 0.25) is 0 Å². The van der Waals surface area contributed by atoms with Gasteiger partial charge in [0, 0.05) is 6.04 Å². The Morgan fingerprint density at radius 2 is 2.00 bits per heavy atom. The van der Waals surface area contributed by atoms with Gasteiger partial charge in [-0.25, -0.2) is 0 Å². The average Bonchev–Trinajstić information content (AvgIpc) is 2.79. The second kappa shape index (κ2) is 6.76. The van der Waals surface area contributed by atoms with Gasteiger partial charge in [-0.3, -0.25) is 0 Å². The first-order chi connectivity index (χ1) is 9.11. The van der Waals surface area contributed by atoms with Crippen LogP contribution in [0.3, 0.4) is 0 Å². The minimum atomic E-state index is 0.327. The molecule has 1 N–H and O–H groups in total. The van der Waals surface area contributed by atoms with Crippen molar-refractivity contribution in [3.05, 3.63) is 55.7 Å². The van der Waals surface area contributed by atoms with Crippen LogP contribution in [-0.4, -0.2) is 6.54 Å². The van der Waals surface area contributed by atoms with E-state index in [0.717, 1.165) is 13.0 Å². The van der Waals surface area contributed by atoms with Crippen LogP contribution in [0.1, 0.15) is 29.7 Å². The molecule has 0 aliphatic rings. The monoisotopic (exact) mass is 313 g/mol. The lowest BCUT2D eigenvalue weighted by atomic mass is 9.98. The van der Waals surface area contributed by atoms with Crippen molar-refractivity contribution >= 4 is 34.5 Å². The zero-order valence-corrected chi connectivity index (χ0v) is 13.4. The number of hydrogen-bond donors (Lipinski definition) is 1. The Morgan fingerprint density at radius 3 is 2.58 bits per heavy atom. The first-order valence-corrected chi connectivity index (χ1v) is 8.01. The summed E-state index contributed by atoms with van der Waals surface area (Å²) in [6.45, 7) is 5.23. The van der Waals surface area contributed by atoms with E-state index in [1.54, 1.807) is 11.3 Å². The van der Waals surface area contributed by atoms with Gasteiger partial charge in [-0.15, -0.1) is 0 Å². The molecule has 0 aliphatic heterocycles. The molecule has 4 heteroatoms. The second-order valence-electron chi connectivity index (χ2n) is 4.57. The van der Waals surface area contributed by atoms with Gasteiger partial charge in [0.05, 0.1) is 10.0 Å².